The number of carbonyl (C=O) groups excluding carboxylic acids is 6. The molecule has 0 heterocycles. The maximum atomic E-state index is 15.0. The van der Waals surface area contributed by atoms with Crippen LogP contribution in [0.2, 0.25) is 0 Å². The van der Waals surface area contributed by atoms with Crippen molar-refractivity contribution < 1.29 is 105 Å². The molecule has 0 aliphatic heterocycles. The van der Waals surface area contributed by atoms with Gasteiger partial charge in [-0.3, -0.25) is 4.79 Å². The summed E-state index contributed by atoms with van der Waals surface area (Å²) in [5.74, 6) is -4.46. The number of methoxy groups -OCH3 is 10. The minimum absolute atomic E-state index is 0.0555. The van der Waals surface area contributed by atoms with Crippen LogP contribution in [-0.2, 0) is 33.2 Å². The molecule has 0 aromatic heterocycles. The van der Waals surface area contributed by atoms with Crippen molar-refractivity contribution >= 4 is 35.8 Å². The number of benzene rings is 5. The van der Waals surface area contributed by atoms with Crippen molar-refractivity contribution in [3.8, 4) is 57.5 Å². The average Bonchev–Trinajstić information content (AvgIpc) is 1.11. The first-order valence-corrected chi connectivity index (χ1v) is 30.4. The summed E-state index contributed by atoms with van der Waals surface area (Å²) in [6, 6.07) is 20.5. The van der Waals surface area contributed by atoms with Gasteiger partial charge in [-0.1, -0.05) is 96.8 Å². The summed E-state index contributed by atoms with van der Waals surface area (Å²) in [6.07, 6.45) is 8.25. The van der Waals surface area contributed by atoms with Crippen LogP contribution in [0.3, 0.4) is 0 Å². The monoisotopic (exact) mass is 1270 g/mol. The average molecular weight is 1270 g/mol. The van der Waals surface area contributed by atoms with E-state index in [-0.39, 0.29) is 91.7 Å². The van der Waals surface area contributed by atoms with Crippen molar-refractivity contribution in [2.24, 2.45) is 0 Å². The largest absolute Gasteiger partial charge is 0.493 e. The second kappa shape index (κ2) is 39.1. The summed E-state index contributed by atoms with van der Waals surface area (Å²) in [6.45, 7) is 0.381. The van der Waals surface area contributed by atoms with Crippen LogP contribution >= 0.6 is 0 Å². The van der Waals surface area contributed by atoms with Gasteiger partial charge in [0.1, 0.15) is 13.2 Å². The zero-order valence-electron chi connectivity index (χ0n) is 54.2. The Hall–Kier alpha value is -9.08. The van der Waals surface area contributed by atoms with Crippen LogP contribution in [0.25, 0.3) is 0 Å². The molecule has 5 aromatic rings. The van der Waals surface area contributed by atoms with Gasteiger partial charge in [0.2, 0.25) is 0 Å². The number of ether oxygens (including phenoxy) is 16. The van der Waals surface area contributed by atoms with E-state index in [1.807, 2.05) is 0 Å². The molecule has 0 aliphatic rings. The topological polar surface area (TPSA) is 250 Å². The number of esters is 6. The molecule has 0 fully saturated rings. The molecule has 0 saturated heterocycles. The predicted octanol–water partition coefficient (Wildman–Crippen LogP) is 12.6. The number of hydrogen-bond donors (Lipinski definition) is 0. The molecule has 22 nitrogen and oxygen atoms in total. The molecule has 0 saturated carbocycles. The highest BCUT2D eigenvalue weighted by Crippen LogP contribution is 2.35. The fourth-order valence-electron chi connectivity index (χ4n) is 9.84. The summed E-state index contributed by atoms with van der Waals surface area (Å²) in [5.41, 5.74) is -0.714. The Labute approximate surface area is 533 Å². The third-order valence-electron chi connectivity index (χ3n) is 14.9. The SMILES string of the molecule is CCCCCCCCCCCCCCCCCC(=O)OC[C@@H](OC(=O)c1ccc(OC)c(OC)c1)[C@@H](OC(=O)c1ccc(OC)c(OC)c1)[C@H](OC(=O)c1ccc(OC)c(OC)c1)[C@@H](COC(=O)c1ccc(OC)c(OC)c1)OC(=O)c1ccc(OC)c(OC)c1. The van der Waals surface area contributed by atoms with Gasteiger partial charge in [-0.25, -0.2) is 24.0 Å². The van der Waals surface area contributed by atoms with Gasteiger partial charge in [0.15, 0.2) is 81.9 Å². The van der Waals surface area contributed by atoms with Crippen LogP contribution in [0.15, 0.2) is 91.0 Å². The minimum Gasteiger partial charge on any atom is -0.493 e. The molecule has 0 N–H and O–H groups in total. The van der Waals surface area contributed by atoms with Gasteiger partial charge in [0, 0.05) is 6.42 Å². The maximum absolute atomic E-state index is 15.0. The van der Waals surface area contributed by atoms with Gasteiger partial charge in [-0.2, -0.15) is 0 Å². The third-order valence-corrected chi connectivity index (χ3v) is 14.9. The molecular weight excluding hydrogens is 1180 g/mol. The molecule has 22 heteroatoms. The second-order valence-corrected chi connectivity index (χ2v) is 21.0. The Morgan fingerprint density at radius 1 is 0.286 bits per heavy atom. The van der Waals surface area contributed by atoms with Gasteiger partial charge in [-0.15, -0.1) is 0 Å². The number of hydrogen-bond acceptors (Lipinski definition) is 22. The van der Waals surface area contributed by atoms with E-state index in [1.165, 1.54) is 220 Å². The van der Waals surface area contributed by atoms with Gasteiger partial charge in [-0.05, 0) is 97.4 Å². The van der Waals surface area contributed by atoms with Crippen molar-refractivity contribution in [3.05, 3.63) is 119 Å². The Morgan fingerprint density at radius 3 is 0.802 bits per heavy atom. The molecule has 0 amide bonds. The van der Waals surface area contributed by atoms with Gasteiger partial charge in [0.25, 0.3) is 0 Å². The lowest BCUT2D eigenvalue weighted by Crippen LogP contribution is -2.54. The highest BCUT2D eigenvalue weighted by atomic mass is 16.7. The van der Waals surface area contributed by atoms with E-state index in [2.05, 4.69) is 6.92 Å². The highest BCUT2D eigenvalue weighted by Gasteiger charge is 2.47. The lowest BCUT2D eigenvalue weighted by atomic mass is 10.0. The van der Waals surface area contributed by atoms with E-state index < -0.39 is 73.4 Å². The van der Waals surface area contributed by atoms with Crippen molar-refractivity contribution in [3.63, 3.8) is 0 Å². The van der Waals surface area contributed by atoms with Crippen LogP contribution in [0.4, 0.5) is 0 Å². The number of unbranched alkanes of at least 4 members (excludes halogenated alkanes) is 14. The van der Waals surface area contributed by atoms with Crippen LogP contribution in [0.1, 0.15) is 161 Å². The summed E-state index contributed by atoms with van der Waals surface area (Å²) in [5, 5.41) is 0. The lowest BCUT2D eigenvalue weighted by molar-refractivity contribution is -0.159. The Kier molecular flexibility index (Phi) is 31.2. The van der Waals surface area contributed by atoms with Crippen molar-refractivity contribution in [2.45, 2.75) is 134 Å². The first kappa shape index (κ1) is 72.7. The van der Waals surface area contributed by atoms with E-state index in [4.69, 9.17) is 75.8 Å². The smallest absolute Gasteiger partial charge is 0.338 e. The van der Waals surface area contributed by atoms with Gasteiger partial charge >= 0.3 is 35.8 Å². The Bertz CT molecular complexity index is 3120. The first-order chi connectivity index (χ1) is 44.1. The quantitative estimate of drug-likeness (QED) is 0.0200. The fraction of sp³-hybridized carbons (Fsp3) is 0.478. The lowest BCUT2D eigenvalue weighted by Gasteiger charge is -2.36. The molecule has 4 atom stereocenters. The highest BCUT2D eigenvalue weighted by molar-refractivity contribution is 5.94. The normalized spacial score (nSPS) is 12.1. The summed E-state index contributed by atoms with van der Waals surface area (Å²) in [4.78, 5) is 87.8. The van der Waals surface area contributed by atoms with Crippen LogP contribution in [0.5, 0.6) is 57.5 Å². The third kappa shape index (κ3) is 22.1. The molecule has 0 unspecified atom stereocenters. The van der Waals surface area contributed by atoms with E-state index in [9.17, 15) is 19.2 Å². The van der Waals surface area contributed by atoms with Crippen molar-refractivity contribution in [2.75, 3.05) is 84.3 Å². The second-order valence-electron chi connectivity index (χ2n) is 21.0. The van der Waals surface area contributed by atoms with Gasteiger partial charge < -0.3 is 75.8 Å². The van der Waals surface area contributed by atoms with Crippen LogP contribution in [-0.4, -0.2) is 145 Å². The summed E-state index contributed by atoms with van der Waals surface area (Å²) in [7, 11) is 13.7. The van der Waals surface area contributed by atoms with Crippen LogP contribution < -0.4 is 47.4 Å². The standard InChI is InChI=1S/C69H88O22/c1-12-13-14-15-16-17-18-19-20-21-22-23-24-25-26-27-62(70)86-43-60(88-66(72)46-29-34-51(77-3)56(39-46)82-8)63(90-68(74)48-31-36-53(79-5)58(41-48)84-10)64(91-69(75)49-32-37-54(80-6)59(42-49)85-11)61(89-67(73)47-30-35-52(78-4)57(40-47)83-9)44-87-65(71)45-28-33-50(76-2)55(38-45)81-7/h28-42,60-61,63-64H,12-27,43-44H2,1-11H3/t60-,61-,63-,64-/m1/s1. The predicted molar refractivity (Wildman–Crippen MR) is 335 cm³/mol. The minimum atomic E-state index is -2.19. The van der Waals surface area contributed by atoms with Crippen LogP contribution in [0, 0.1) is 0 Å². The Balaban J connectivity index is 1.65. The summed E-state index contributed by atoms with van der Waals surface area (Å²) < 4.78 is 91.8. The summed E-state index contributed by atoms with van der Waals surface area (Å²) >= 11 is 0. The number of rotatable bonds is 42. The molecule has 496 valence electrons. The van der Waals surface area contributed by atoms with E-state index in [0.29, 0.717) is 6.42 Å². The molecule has 0 spiro atoms. The maximum Gasteiger partial charge on any atom is 0.338 e. The van der Waals surface area contributed by atoms with E-state index in [1.54, 1.807) is 0 Å². The number of carbonyl (C=O) groups is 6. The first-order valence-electron chi connectivity index (χ1n) is 30.4. The van der Waals surface area contributed by atoms with E-state index >= 15 is 9.59 Å². The fourth-order valence-corrected chi connectivity index (χ4v) is 9.84. The zero-order valence-corrected chi connectivity index (χ0v) is 54.2. The molecule has 5 rings (SSSR count). The molecule has 91 heavy (non-hydrogen) atoms. The van der Waals surface area contributed by atoms with Gasteiger partial charge in [0.05, 0.1) is 98.9 Å². The zero-order chi connectivity index (χ0) is 66.1. The van der Waals surface area contributed by atoms with Crippen molar-refractivity contribution in [1.29, 1.82) is 0 Å². The molecule has 0 bridgehead atoms. The molecule has 5 aromatic carbocycles. The molecule has 0 aliphatic carbocycles. The van der Waals surface area contributed by atoms with E-state index in [0.717, 1.165) is 32.1 Å². The molecule has 0 radical (unpaired) electrons. The molecular formula is C69H88O22. The van der Waals surface area contributed by atoms with Crippen molar-refractivity contribution in [1.82, 2.24) is 0 Å². The Morgan fingerprint density at radius 2 is 0.527 bits per heavy atom.